The number of fused-ring (bicyclic) bond motifs is 9. The summed E-state index contributed by atoms with van der Waals surface area (Å²) in [5, 5.41) is 3.39. The summed E-state index contributed by atoms with van der Waals surface area (Å²) >= 11 is 0. The first-order valence-electron chi connectivity index (χ1n) is 12.7. The Morgan fingerprint density at radius 2 is 0.838 bits per heavy atom. The molecule has 6 aromatic rings. The van der Waals surface area contributed by atoms with E-state index in [1.807, 2.05) is 36.4 Å². The van der Waals surface area contributed by atoms with Crippen molar-refractivity contribution < 1.29 is 8.78 Å². The van der Waals surface area contributed by atoms with Gasteiger partial charge >= 0.3 is 0 Å². The SMILES string of the molecule is CC1(C)c2cc3c(cc2-c2cc4c(cc21)-c1ccc(F)c2cccc-4c12)-c1cccc2c(F)ccc-3c12. The molecule has 0 saturated heterocycles. The summed E-state index contributed by atoms with van der Waals surface area (Å²) in [6.07, 6.45) is 0. The zero-order chi connectivity index (χ0) is 24.8. The fourth-order valence-electron chi connectivity index (χ4n) is 7.36. The van der Waals surface area contributed by atoms with Crippen molar-refractivity contribution in [3.63, 3.8) is 0 Å². The van der Waals surface area contributed by atoms with E-state index in [0.717, 1.165) is 33.0 Å². The van der Waals surface area contributed by atoms with Crippen LogP contribution in [0.3, 0.4) is 0 Å². The fourth-order valence-corrected chi connectivity index (χ4v) is 7.36. The van der Waals surface area contributed by atoms with E-state index in [4.69, 9.17) is 0 Å². The molecule has 0 fully saturated rings. The number of benzene rings is 6. The second-order valence-corrected chi connectivity index (χ2v) is 11.2. The van der Waals surface area contributed by atoms with E-state index in [1.54, 1.807) is 12.1 Å². The van der Waals surface area contributed by atoms with Gasteiger partial charge in [-0.25, -0.2) is 8.78 Å². The Hall–Kier alpha value is -4.30. The van der Waals surface area contributed by atoms with Gasteiger partial charge in [-0.15, -0.1) is 0 Å². The molecule has 0 radical (unpaired) electrons. The van der Waals surface area contributed by atoms with Crippen molar-refractivity contribution in [2.45, 2.75) is 19.3 Å². The smallest absolute Gasteiger partial charge is 0.131 e. The lowest BCUT2D eigenvalue weighted by Gasteiger charge is -2.23. The van der Waals surface area contributed by atoms with Gasteiger partial charge in [0.05, 0.1) is 0 Å². The maximum absolute atomic E-state index is 14.7. The molecule has 3 aliphatic carbocycles. The number of hydrogen-bond donors (Lipinski definition) is 0. The molecule has 0 N–H and O–H groups in total. The van der Waals surface area contributed by atoms with Gasteiger partial charge in [-0.1, -0.05) is 62.4 Å². The average molecular weight is 479 g/mol. The average Bonchev–Trinajstić information content (AvgIpc) is 3.47. The Balaban J connectivity index is 1.35. The van der Waals surface area contributed by atoms with E-state index >= 15 is 0 Å². The Morgan fingerprint density at radius 3 is 1.30 bits per heavy atom. The van der Waals surface area contributed by atoms with Gasteiger partial charge in [0.25, 0.3) is 0 Å². The summed E-state index contributed by atoms with van der Waals surface area (Å²) in [6, 6.07) is 28.2. The van der Waals surface area contributed by atoms with Crippen molar-refractivity contribution in [2.24, 2.45) is 0 Å². The van der Waals surface area contributed by atoms with Crippen LogP contribution in [0, 0.1) is 11.6 Å². The minimum Gasteiger partial charge on any atom is -0.206 e. The molecule has 9 rings (SSSR count). The Labute approximate surface area is 212 Å². The summed E-state index contributed by atoms with van der Waals surface area (Å²) in [5.41, 5.74) is 14.0. The third-order valence-corrected chi connectivity index (χ3v) is 9.09. The van der Waals surface area contributed by atoms with Gasteiger partial charge in [0.1, 0.15) is 11.6 Å². The quantitative estimate of drug-likeness (QED) is 0.203. The maximum atomic E-state index is 14.7. The summed E-state index contributed by atoms with van der Waals surface area (Å²) in [4.78, 5) is 0. The van der Waals surface area contributed by atoms with Gasteiger partial charge in [0, 0.05) is 27.0 Å². The zero-order valence-corrected chi connectivity index (χ0v) is 20.3. The van der Waals surface area contributed by atoms with Gasteiger partial charge in [0.15, 0.2) is 0 Å². The highest BCUT2D eigenvalue weighted by molar-refractivity contribution is 6.18. The summed E-state index contributed by atoms with van der Waals surface area (Å²) in [7, 11) is 0. The van der Waals surface area contributed by atoms with E-state index in [9.17, 15) is 8.78 Å². The molecule has 174 valence electrons. The summed E-state index contributed by atoms with van der Waals surface area (Å²) in [6.45, 7) is 4.59. The lowest BCUT2D eigenvalue weighted by Crippen LogP contribution is -2.15. The number of halogens is 2. The van der Waals surface area contributed by atoms with Gasteiger partial charge in [-0.05, 0) is 103 Å². The van der Waals surface area contributed by atoms with Crippen molar-refractivity contribution in [3.05, 3.63) is 108 Å². The van der Waals surface area contributed by atoms with Crippen LogP contribution in [0.4, 0.5) is 8.78 Å². The van der Waals surface area contributed by atoms with Crippen LogP contribution in [0.25, 0.3) is 77.2 Å². The van der Waals surface area contributed by atoms with Gasteiger partial charge in [-0.2, -0.15) is 0 Å². The second-order valence-electron chi connectivity index (χ2n) is 11.2. The molecule has 0 bridgehead atoms. The standard InChI is InChI=1S/C35H20F2/c1-35(2)29-15-25-19-9-11-31(36)21-7-3-5-17(33(19)21)23(25)13-27(29)28-14-24-18-6-4-8-22-32(37)12-10-20(34(18)22)26(24)16-30(28)35/h3-16H,1-2H3. The lowest BCUT2D eigenvalue weighted by molar-refractivity contribution is 0.639. The molecule has 37 heavy (non-hydrogen) atoms. The Bertz CT molecular complexity index is 1930. The first-order chi connectivity index (χ1) is 17.9. The zero-order valence-electron chi connectivity index (χ0n) is 20.3. The van der Waals surface area contributed by atoms with Crippen molar-refractivity contribution in [1.82, 2.24) is 0 Å². The molecule has 0 saturated carbocycles. The molecule has 6 aromatic carbocycles. The molecule has 0 aliphatic heterocycles. The normalized spacial score (nSPS) is 14.7. The number of rotatable bonds is 0. The van der Waals surface area contributed by atoms with Crippen LogP contribution in [0.5, 0.6) is 0 Å². The molecule has 2 heteroatoms. The molecule has 0 atom stereocenters. The van der Waals surface area contributed by atoms with E-state index in [-0.39, 0.29) is 17.0 Å². The maximum Gasteiger partial charge on any atom is 0.131 e. The highest BCUT2D eigenvalue weighted by Crippen LogP contribution is 2.58. The van der Waals surface area contributed by atoms with Gasteiger partial charge in [0.2, 0.25) is 0 Å². The van der Waals surface area contributed by atoms with Crippen LogP contribution >= 0.6 is 0 Å². The predicted octanol–water partition coefficient (Wildman–Crippen LogP) is 9.87. The van der Waals surface area contributed by atoms with Crippen molar-refractivity contribution in [1.29, 1.82) is 0 Å². The van der Waals surface area contributed by atoms with Crippen LogP contribution in [0.15, 0.2) is 84.9 Å². The first-order valence-corrected chi connectivity index (χ1v) is 12.7. The van der Waals surface area contributed by atoms with Crippen molar-refractivity contribution in [2.75, 3.05) is 0 Å². The minimum atomic E-state index is -0.198. The summed E-state index contributed by atoms with van der Waals surface area (Å²) in [5.74, 6) is -0.347. The molecule has 0 spiro atoms. The first kappa shape index (κ1) is 19.8. The van der Waals surface area contributed by atoms with Crippen molar-refractivity contribution in [3.8, 4) is 55.6 Å². The monoisotopic (exact) mass is 478 g/mol. The second kappa shape index (κ2) is 6.15. The molecule has 0 aromatic heterocycles. The molecule has 0 nitrogen and oxygen atoms in total. The molecular weight excluding hydrogens is 458 g/mol. The predicted molar refractivity (Wildman–Crippen MR) is 148 cm³/mol. The molecule has 0 heterocycles. The van der Waals surface area contributed by atoms with Crippen LogP contribution < -0.4 is 0 Å². The molecule has 3 aliphatic rings. The van der Waals surface area contributed by atoms with Crippen LogP contribution in [-0.4, -0.2) is 0 Å². The molecule has 0 amide bonds. The molecule has 0 unspecified atom stereocenters. The largest absolute Gasteiger partial charge is 0.206 e. The van der Waals surface area contributed by atoms with Gasteiger partial charge < -0.3 is 0 Å². The molecular formula is C35H20F2. The topological polar surface area (TPSA) is 0 Å². The number of hydrogen-bond acceptors (Lipinski definition) is 0. The van der Waals surface area contributed by atoms with Gasteiger partial charge in [-0.3, -0.25) is 0 Å². The van der Waals surface area contributed by atoms with Crippen LogP contribution in [0.2, 0.25) is 0 Å². The highest BCUT2D eigenvalue weighted by Gasteiger charge is 2.39. The van der Waals surface area contributed by atoms with Crippen molar-refractivity contribution >= 4 is 21.5 Å². The van der Waals surface area contributed by atoms with E-state index < -0.39 is 0 Å². The summed E-state index contributed by atoms with van der Waals surface area (Å²) < 4.78 is 29.4. The van der Waals surface area contributed by atoms with E-state index in [0.29, 0.717) is 10.8 Å². The third kappa shape index (κ3) is 2.16. The Morgan fingerprint density at radius 1 is 0.432 bits per heavy atom. The lowest BCUT2D eigenvalue weighted by atomic mass is 9.80. The third-order valence-electron chi connectivity index (χ3n) is 9.09. The fraction of sp³-hybridized carbons (Fsp3) is 0.0857. The van der Waals surface area contributed by atoms with Crippen LogP contribution in [-0.2, 0) is 5.41 Å². The van der Waals surface area contributed by atoms with Crippen LogP contribution in [0.1, 0.15) is 25.0 Å². The minimum absolute atomic E-state index is 0.174. The highest BCUT2D eigenvalue weighted by atomic mass is 19.1. The van der Waals surface area contributed by atoms with E-state index in [1.165, 1.54) is 44.5 Å². The Kier molecular flexibility index (Phi) is 3.30. The van der Waals surface area contributed by atoms with E-state index in [2.05, 4.69) is 50.2 Å².